The van der Waals surface area contributed by atoms with E-state index < -0.39 is 52.6 Å². The smallest absolute Gasteiger partial charge is 0.289 e. The van der Waals surface area contributed by atoms with Crippen molar-refractivity contribution in [2.75, 3.05) is 6.54 Å². The minimum Gasteiger partial charge on any atom is -0.387 e. The highest BCUT2D eigenvalue weighted by atomic mass is 35.5. The molecule has 2 bridgehead atoms. The van der Waals surface area contributed by atoms with Gasteiger partial charge >= 0.3 is 0 Å². The minimum atomic E-state index is -1.03. The number of hydrogen-bond acceptors (Lipinski definition) is 7. The second-order valence-corrected chi connectivity index (χ2v) is 16.6. The largest absolute Gasteiger partial charge is 0.387 e. The number of oxime groups is 1. The number of amides is 4. The fraction of sp³-hybridized carbons (Fsp3) is 0.676. The molecule has 11 nitrogen and oxygen atoms in total. The van der Waals surface area contributed by atoms with Crippen LogP contribution in [0.4, 0.5) is 0 Å². The molecule has 7 atom stereocenters. The monoisotopic (exact) mass is 695 g/mol. The van der Waals surface area contributed by atoms with Gasteiger partial charge in [0.1, 0.15) is 12.1 Å². The lowest BCUT2D eigenvalue weighted by molar-refractivity contribution is -0.145. The molecule has 6 rings (SSSR count). The van der Waals surface area contributed by atoms with Gasteiger partial charge in [-0.1, -0.05) is 69.4 Å². The third kappa shape index (κ3) is 7.97. The van der Waals surface area contributed by atoms with Gasteiger partial charge < -0.3 is 25.7 Å². The van der Waals surface area contributed by atoms with Crippen LogP contribution in [0.2, 0.25) is 5.02 Å². The SMILES string of the molecule is CCC[C@H](NC(=O)[C@@H]1C[C@]2(CC(c3cccc(Cl)c3)=NO2)CN1C(=O)[C@@H](NC(=O)CC1CC2CCC1C2)C(C)(C)C)C(=O)C(=O)NC1CC1. The Morgan fingerprint density at radius 3 is 2.49 bits per heavy atom. The zero-order valence-corrected chi connectivity index (χ0v) is 29.8. The number of Topliss-reactive ketones (excluding diaryl/α,β-unsaturated/α-hetero) is 1. The van der Waals surface area contributed by atoms with Crippen molar-refractivity contribution in [3.05, 3.63) is 34.9 Å². The van der Waals surface area contributed by atoms with E-state index in [4.69, 9.17) is 16.4 Å². The molecule has 3 aliphatic carbocycles. The second kappa shape index (κ2) is 14.0. The van der Waals surface area contributed by atoms with Crippen LogP contribution < -0.4 is 16.0 Å². The van der Waals surface area contributed by atoms with E-state index in [0.29, 0.717) is 47.8 Å². The van der Waals surface area contributed by atoms with E-state index in [0.717, 1.165) is 24.8 Å². The predicted molar refractivity (Wildman–Crippen MR) is 184 cm³/mol. The highest BCUT2D eigenvalue weighted by molar-refractivity contribution is 6.38. The van der Waals surface area contributed by atoms with Gasteiger partial charge in [0.25, 0.3) is 5.91 Å². The number of fused-ring (bicyclic) bond motifs is 2. The summed E-state index contributed by atoms with van der Waals surface area (Å²) in [6, 6.07) is 4.30. The summed E-state index contributed by atoms with van der Waals surface area (Å²) in [7, 11) is 0. The summed E-state index contributed by atoms with van der Waals surface area (Å²) in [6.07, 6.45) is 8.00. The van der Waals surface area contributed by atoms with E-state index in [1.54, 1.807) is 12.1 Å². The Morgan fingerprint density at radius 2 is 1.86 bits per heavy atom. The molecule has 3 unspecified atom stereocenters. The number of likely N-dealkylation sites (tertiary alicyclic amines) is 1. The van der Waals surface area contributed by atoms with Gasteiger partial charge in [0.05, 0.1) is 18.3 Å². The van der Waals surface area contributed by atoms with Crippen LogP contribution in [0, 0.1) is 23.2 Å². The van der Waals surface area contributed by atoms with Crippen LogP contribution in [0.25, 0.3) is 0 Å². The third-order valence-electron chi connectivity index (χ3n) is 11.1. The number of ketones is 1. The number of halogens is 1. The molecule has 266 valence electrons. The Labute approximate surface area is 293 Å². The highest BCUT2D eigenvalue weighted by Crippen LogP contribution is 2.49. The Balaban J connectivity index is 1.23. The van der Waals surface area contributed by atoms with E-state index in [9.17, 15) is 24.0 Å². The van der Waals surface area contributed by atoms with Gasteiger partial charge in [-0.2, -0.15) is 0 Å². The van der Waals surface area contributed by atoms with E-state index in [1.807, 2.05) is 39.8 Å². The van der Waals surface area contributed by atoms with Crippen molar-refractivity contribution in [2.24, 2.45) is 28.3 Å². The van der Waals surface area contributed by atoms with E-state index in [1.165, 1.54) is 24.2 Å². The molecule has 0 aromatic heterocycles. The van der Waals surface area contributed by atoms with Crippen molar-refractivity contribution in [1.82, 2.24) is 20.9 Å². The summed E-state index contributed by atoms with van der Waals surface area (Å²) in [6.45, 7) is 7.63. The van der Waals surface area contributed by atoms with Crippen molar-refractivity contribution >= 4 is 46.7 Å². The molecule has 1 aromatic rings. The van der Waals surface area contributed by atoms with Crippen LogP contribution in [0.1, 0.15) is 104 Å². The fourth-order valence-corrected chi connectivity index (χ4v) is 8.51. The number of nitrogens with one attached hydrogen (secondary N) is 3. The zero-order chi connectivity index (χ0) is 35.1. The number of hydrogen-bond donors (Lipinski definition) is 3. The zero-order valence-electron chi connectivity index (χ0n) is 29.1. The molecule has 2 aliphatic heterocycles. The Hall–Kier alpha value is -3.47. The number of rotatable bonds is 12. The lowest BCUT2D eigenvalue weighted by Crippen LogP contribution is -2.59. The van der Waals surface area contributed by atoms with Crippen LogP contribution in [-0.4, -0.2) is 76.3 Å². The second-order valence-electron chi connectivity index (χ2n) is 16.2. The Kier molecular flexibility index (Phi) is 10.1. The maximum atomic E-state index is 14.6. The van der Waals surface area contributed by atoms with Gasteiger partial charge in [-0.25, -0.2) is 0 Å². The highest BCUT2D eigenvalue weighted by Gasteiger charge is 2.56. The first-order valence-electron chi connectivity index (χ1n) is 18.0. The molecule has 12 heteroatoms. The topological polar surface area (TPSA) is 146 Å². The normalized spacial score (nSPS) is 28.5. The third-order valence-corrected chi connectivity index (χ3v) is 11.3. The van der Waals surface area contributed by atoms with E-state index in [-0.39, 0.29) is 31.3 Å². The fourth-order valence-electron chi connectivity index (χ4n) is 8.32. The summed E-state index contributed by atoms with van der Waals surface area (Å²) in [5.41, 5.74) is -0.235. The van der Waals surface area contributed by atoms with Crippen LogP contribution in [0.3, 0.4) is 0 Å². The first kappa shape index (κ1) is 35.4. The van der Waals surface area contributed by atoms with Gasteiger partial charge in [0.15, 0.2) is 5.60 Å². The molecule has 1 spiro atoms. The van der Waals surface area contributed by atoms with E-state index in [2.05, 4.69) is 21.1 Å². The molecule has 5 aliphatic rings. The van der Waals surface area contributed by atoms with Crippen molar-refractivity contribution in [3.8, 4) is 0 Å². The average Bonchev–Trinajstić information content (AvgIpc) is 3.39. The van der Waals surface area contributed by atoms with Crippen LogP contribution in [0.15, 0.2) is 29.4 Å². The summed E-state index contributed by atoms with van der Waals surface area (Å²) in [5.74, 6) is -0.881. The number of nitrogens with zero attached hydrogens (tertiary/aromatic N) is 2. The molecular weight excluding hydrogens is 646 g/mol. The van der Waals surface area contributed by atoms with Crippen LogP contribution >= 0.6 is 11.6 Å². The van der Waals surface area contributed by atoms with Crippen LogP contribution in [-0.2, 0) is 28.8 Å². The lowest BCUT2D eigenvalue weighted by atomic mass is 9.84. The number of carbonyl (C=O) groups is 5. The minimum absolute atomic E-state index is 0.00111. The van der Waals surface area contributed by atoms with Gasteiger partial charge in [0, 0.05) is 35.9 Å². The molecule has 49 heavy (non-hydrogen) atoms. The maximum absolute atomic E-state index is 14.6. The first-order chi connectivity index (χ1) is 23.2. The lowest BCUT2D eigenvalue weighted by Gasteiger charge is -2.36. The standard InChI is InChI=1S/C37H50ClN5O6/c1-5-7-27(31(45)34(47)39-26-12-13-26)40-33(46)29-19-37(18-28(42-49-37)23-8-6-9-25(38)16-23)20-43(29)35(48)32(36(2,3)4)41-30(44)17-24-15-21-10-11-22(24)14-21/h6,8-9,16,21-22,24,26-27,29,32H,5,7,10-15,17-20H2,1-4H3,(H,39,47)(H,40,46)(H,41,44)/t21?,22?,24?,27-,29-,32+,37+/m0/s1. The molecule has 1 aromatic carbocycles. The first-order valence-corrected chi connectivity index (χ1v) is 18.4. The molecule has 4 fully saturated rings. The molecule has 3 saturated carbocycles. The van der Waals surface area contributed by atoms with Crippen molar-refractivity contribution in [1.29, 1.82) is 0 Å². The molecule has 4 amide bonds. The van der Waals surface area contributed by atoms with Crippen molar-refractivity contribution < 1.29 is 28.8 Å². The number of benzene rings is 1. The molecular formula is C37H50ClN5O6. The number of carbonyl (C=O) groups excluding carboxylic acids is 5. The Bertz CT molecular complexity index is 1520. The van der Waals surface area contributed by atoms with Crippen molar-refractivity contribution in [3.63, 3.8) is 0 Å². The molecule has 3 N–H and O–H groups in total. The van der Waals surface area contributed by atoms with Crippen LogP contribution in [0.5, 0.6) is 0 Å². The average molecular weight is 696 g/mol. The van der Waals surface area contributed by atoms with Gasteiger partial charge in [-0.3, -0.25) is 24.0 Å². The van der Waals surface area contributed by atoms with Crippen molar-refractivity contribution in [2.45, 2.75) is 128 Å². The quantitative estimate of drug-likeness (QED) is 0.278. The summed E-state index contributed by atoms with van der Waals surface area (Å²) in [4.78, 5) is 75.7. The molecule has 1 saturated heterocycles. The maximum Gasteiger partial charge on any atom is 0.289 e. The predicted octanol–water partition coefficient (Wildman–Crippen LogP) is 4.29. The molecule has 0 radical (unpaired) electrons. The van der Waals surface area contributed by atoms with Gasteiger partial charge in [-0.05, 0) is 73.8 Å². The van der Waals surface area contributed by atoms with Gasteiger partial charge in [0.2, 0.25) is 23.5 Å². The Morgan fingerprint density at radius 1 is 1.08 bits per heavy atom. The summed E-state index contributed by atoms with van der Waals surface area (Å²) >= 11 is 6.26. The van der Waals surface area contributed by atoms with Gasteiger partial charge in [-0.15, -0.1) is 0 Å². The molecule has 2 heterocycles. The summed E-state index contributed by atoms with van der Waals surface area (Å²) < 4.78 is 0. The summed E-state index contributed by atoms with van der Waals surface area (Å²) in [5, 5.41) is 13.5. The van der Waals surface area contributed by atoms with E-state index >= 15 is 0 Å².